The lowest BCUT2D eigenvalue weighted by atomic mass is 10.1. The predicted octanol–water partition coefficient (Wildman–Crippen LogP) is 6.43. The maximum Gasteiger partial charge on any atom is -0.0169 e. The maximum absolute atomic E-state index is 2.35. The van der Waals surface area contributed by atoms with Crippen molar-refractivity contribution in [2.45, 2.75) is 84.5 Å². The fraction of sp³-hybridized carbons (Fsp3) is 0.765. The molecule has 0 aromatic carbocycles. The van der Waals surface area contributed by atoms with E-state index in [1.54, 1.807) is 0 Å². The molecule has 0 aliphatic carbocycles. The molecule has 0 bridgehead atoms. The van der Waals surface area contributed by atoms with Crippen LogP contribution in [0.15, 0.2) is 24.3 Å². The minimum Gasteiger partial charge on any atom is -0.0882 e. The van der Waals surface area contributed by atoms with E-state index in [9.17, 15) is 0 Å². The largest absolute Gasteiger partial charge is 0.0882 e. The molecule has 0 saturated heterocycles. The zero-order valence-corrected chi connectivity index (χ0v) is 12.1. The lowest BCUT2D eigenvalue weighted by Crippen LogP contribution is -1.75. The Morgan fingerprint density at radius 3 is 1.59 bits per heavy atom. The highest BCUT2D eigenvalue weighted by atomic mass is 13.9. The first-order valence-electron chi connectivity index (χ1n) is 7.71. The Morgan fingerprint density at radius 2 is 1.00 bits per heavy atom. The van der Waals surface area contributed by atoms with E-state index in [1.807, 2.05) is 0 Å². The molecule has 0 amide bonds. The average molecular weight is 236 g/mol. The Bertz CT molecular complexity index is 176. The third-order valence-electron chi connectivity index (χ3n) is 3.05. The van der Waals surface area contributed by atoms with Gasteiger partial charge in [0, 0.05) is 0 Å². The molecule has 0 rings (SSSR count). The molecule has 0 radical (unpaired) electrons. The highest BCUT2D eigenvalue weighted by molar-refractivity contribution is 4.92. The summed E-state index contributed by atoms with van der Waals surface area (Å²) < 4.78 is 0. The minimum atomic E-state index is 1.13. The summed E-state index contributed by atoms with van der Waals surface area (Å²) in [6, 6.07) is 0. The van der Waals surface area contributed by atoms with E-state index in [-0.39, 0.29) is 0 Å². The van der Waals surface area contributed by atoms with Crippen LogP contribution in [0.4, 0.5) is 0 Å². The summed E-state index contributed by atoms with van der Waals surface area (Å²) in [7, 11) is 0. The first-order chi connectivity index (χ1) is 8.41. The van der Waals surface area contributed by atoms with Gasteiger partial charge in [-0.15, -0.1) is 0 Å². The van der Waals surface area contributed by atoms with Crippen LogP contribution in [0.2, 0.25) is 0 Å². The molecule has 0 heterocycles. The number of hydrogen-bond donors (Lipinski definition) is 0. The van der Waals surface area contributed by atoms with Crippen molar-refractivity contribution in [3.05, 3.63) is 24.3 Å². The molecule has 0 unspecified atom stereocenters. The summed E-state index contributed by atoms with van der Waals surface area (Å²) in [5, 5.41) is 0. The molecule has 0 aliphatic heterocycles. The SMILES string of the molecule is CCCCCC=CCC=CCCCCCCC. The molecule has 0 atom stereocenters. The van der Waals surface area contributed by atoms with Gasteiger partial charge in [0.05, 0.1) is 0 Å². The summed E-state index contributed by atoms with van der Waals surface area (Å²) in [4.78, 5) is 0. The molecule has 0 saturated carbocycles. The molecule has 0 nitrogen and oxygen atoms in total. The van der Waals surface area contributed by atoms with Crippen LogP contribution in [0.25, 0.3) is 0 Å². The molecule has 17 heavy (non-hydrogen) atoms. The second-order valence-electron chi connectivity index (χ2n) is 4.88. The summed E-state index contributed by atoms with van der Waals surface area (Å²) in [6.07, 6.45) is 24.0. The van der Waals surface area contributed by atoms with Crippen molar-refractivity contribution in [1.82, 2.24) is 0 Å². The number of hydrogen-bond acceptors (Lipinski definition) is 0. The third-order valence-corrected chi connectivity index (χ3v) is 3.05. The van der Waals surface area contributed by atoms with Crippen LogP contribution >= 0.6 is 0 Å². The standard InChI is InChI=1S/C17H32/c1-3-5-7-9-11-13-15-17-16-14-12-10-8-6-4-2/h11,13,16-17H,3-10,12,14-15H2,1-2H3. The Hall–Kier alpha value is -0.520. The van der Waals surface area contributed by atoms with Gasteiger partial charge in [0.25, 0.3) is 0 Å². The van der Waals surface area contributed by atoms with E-state index in [1.165, 1.54) is 64.2 Å². The van der Waals surface area contributed by atoms with Gasteiger partial charge >= 0.3 is 0 Å². The molecule has 0 spiro atoms. The van der Waals surface area contributed by atoms with Crippen molar-refractivity contribution >= 4 is 0 Å². The Labute approximate surface area is 109 Å². The van der Waals surface area contributed by atoms with Gasteiger partial charge in [-0.3, -0.25) is 0 Å². The van der Waals surface area contributed by atoms with Crippen LogP contribution in [-0.2, 0) is 0 Å². The van der Waals surface area contributed by atoms with E-state index >= 15 is 0 Å². The molecule has 0 aromatic rings. The zero-order valence-electron chi connectivity index (χ0n) is 12.1. The Morgan fingerprint density at radius 1 is 0.529 bits per heavy atom. The fourth-order valence-corrected chi connectivity index (χ4v) is 1.88. The zero-order chi connectivity index (χ0) is 12.6. The number of allylic oxidation sites excluding steroid dienone is 4. The third kappa shape index (κ3) is 15.5. The van der Waals surface area contributed by atoms with Gasteiger partial charge in [-0.05, 0) is 32.1 Å². The second-order valence-corrected chi connectivity index (χ2v) is 4.88. The van der Waals surface area contributed by atoms with Crippen molar-refractivity contribution in [3.8, 4) is 0 Å². The van der Waals surface area contributed by atoms with Crippen LogP contribution in [0.3, 0.4) is 0 Å². The van der Waals surface area contributed by atoms with Crippen molar-refractivity contribution < 1.29 is 0 Å². The topological polar surface area (TPSA) is 0 Å². The number of rotatable bonds is 12. The van der Waals surface area contributed by atoms with Gasteiger partial charge in [-0.2, -0.15) is 0 Å². The van der Waals surface area contributed by atoms with Crippen LogP contribution in [0.5, 0.6) is 0 Å². The molecule has 100 valence electrons. The van der Waals surface area contributed by atoms with E-state index in [0.717, 1.165) is 6.42 Å². The van der Waals surface area contributed by atoms with Gasteiger partial charge in [0.1, 0.15) is 0 Å². The van der Waals surface area contributed by atoms with Crippen LogP contribution in [-0.4, -0.2) is 0 Å². The quantitative estimate of drug-likeness (QED) is 0.270. The maximum atomic E-state index is 2.35. The van der Waals surface area contributed by atoms with Crippen molar-refractivity contribution in [2.24, 2.45) is 0 Å². The molecule has 0 heteroatoms. The van der Waals surface area contributed by atoms with E-state index in [2.05, 4.69) is 38.2 Å². The van der Waals surface area contributed by atoms with Crippen molar-refractivity contribution in [3.63, 3.8) is 0 Å². The first kappa shape index (κ1) is 16.5. The Balaban J connectivity index is 3.13. The minimum absolute atomic E-state index is 1.13. The summed E-state index contributed by atoms with van der Waals surface area (Å²) in [5.41, 5.74) is 0. The highest BCUT2D eigenvalue weighted by Crippen LogP contribution is 2.06. The summed E-state index contributed by atoms with van der Waals surface area (Å²) in [5.74, 6) is 0. The van der Waals surface area contributed by atoms with Gasteiger partial charge in [-0.25, -0.2) is 0 Å². The lowest BCUT2D eigenvalue weighted by Gasteiger charge is -1.95. The van der Waals surface area contributed by atoms with Crippen LogP contribution < -0.4 is 0 Å². The molecular weight excluding hydrogens is 204 g/mol. The molecular formula is C17H32. The van der Waals surface area contributed by atoms with Crippen LogP contribution in [0.1, 0.15) is 84.5 Å². The molecule has 0 aromatic heterocycles. The normalized spacial score (nSPS) is 11.9. The predicted molar refractivity (Wildman–Crippen MR) is 80.4 cm³/mol. The summed E-state index contributed by atoms with van der Waals surface area (Å²) >= 11 is 0. The van der Waals surface area contributed by atoms with Gasteiger partial charge in [0.2, 0.25) is 0 Å². The average Bonchev–Trinajstić information content (AvgIpc) is 2.35. The van der Waals surface area contributed by atoms with Gasteiger partial charge in [0.15, 0.2) is 0 Å². The monoisotopic (exact) mass is 236 g/mol. The van der Waals surface area contributed by atoms with E-state index in [4.69, 9.17) is 0 Å². The van der Waals surface area contributed by atoms with Gasteiger partial charge in [-0.1, -0.05) is 76.7 Å². The van der Waals surface area contributed by atoms with Crippen molar-refractivity contribution in [2.75, 3.05) is 0 Å². The van der Waals surface area contributed by atoms with E-state index in [0.29, 0.717) is 0 Å². The second kappa shape index (κ2) is 15.5. The van der Waals surface area contributed by atoms with Crippen molar-refractivity contribution in [1.29, 1.82) is 0 Å². The number of unbranched alkanes of at least 4 members (excludes halogenated alkanes) is 8. The lowest BCUT2D eigenvalue weighted by molar-refractivity contribution is 0.637. The van der Waals surface area contributed by atoms with Crippen LogP contribution in [0, 0.1) is 0 Å². The molecule has 0 N–H and O–H groups in total. The van der Waals surface area contributed by atoms with Gasteiger partial charge < -0.3 is 0 Å². The Kier molecular flexibility index (Phi) is 15.0. The molecule has 0 aliphatic rings. The van der Waals surface area contributed by atoms with E-state index < -0.39 is 0 Å². The fourth-order valence-electron chi connectivity index (χ4n) is 1.88. The highest BCUT2D eigenvalue weighted by Gasteiger charge is 1.86. The smallest absolute Gasteiger partial charge is 0.0169 e. The first-order valence-corrected chi connectivity index (χ1v) is 7.71. The molecule has 0 fully saturated rings. The summed E-state index contributed by atoms with van der Waals surface area (Å²) in [6.45, 7) is 4.53.